The van der Waals surface area contributed by atoms with Crippen LogP contribution < -0.4 is 4.90 Å². The van der Waals surface area contributed by atoms with Crippen LogP contribution >= 0.6 is 11.6 Å². The highest BCUT2D eigenvalue weighted by Gasteiger charge is 2.29. The Morgan fingerprint density at radius 2 is 2.09 bits per heavy atom. The molecule has 0 radical (unpaired) electrons. The lowest BCUT2D eigenvalue weighted by atomic mass is 10.2. The molecule has 1 aliphatic rings. The van der Waals surface area contributed by atoms with E-state index in [9.17, 15) is 0 Å². The van der Waals surface area contributed by atoms with Gasteiger partial charge in [0, 0.05) is 10.7 Å². The first-order valence-corrected chi connectivity index (χ1v) is 7.86. The van der Waals surface area contributed by atoms with Gasteiger partial charge in [-0.25, -0.2) is 0 Å². The van der Waals surface area contributed by atoms with Crippen molar-refractivity contribution >= 4 is 29.0 Å². The lowest BCUT2D eigenvalue weighted by molar-refractivity contribution is 0.226. The number of amidine groups is 1. The van der Waals surface area contributed by atoms with Crippen LogP contribution in [0.25, 0.3) is 0 Å². The molecule has 2 aromatic carbocycles. The third kappa shape index (κ3) is 3.46. The summed E-state index contributed by atoms with van der Waals surface area (Å²) in [5.41, 5.74) is 2.31. The second-order valence-electron chi connectivity index (χ2n) is 5.29. The van der Waals surface area contributed by atoms with Gasteiger partial charge in [-0.15, -0.1) is 0 Å². The van der Waals surface area contributed by atoms with Crippen molar-refractivity contribution in [3.8, 4) is 6.07 Å². The van der Waals surface area contributed by atoms with E-state index >= 15 is 0 Å². The summed E-state index contributed by atoms with van der Waals surface area (Å²) in [4.78, 5) is 6.59. The van der Waals surface area contributed by atoms with Crippen LogP contribution in [0.3, 0.4) is 0 Å². The first kappa shape index (κ1) is 15.4. The first-order chi connectivity index (χ1) is 11.2. The van der Waals surface area contributed by atoms with E-state index in [0.717, 1.165) is 24.3 Å². The molecule has 0 aliphatic carbocycles. The van der Waals surface area contributed by atoms with Crippen molar-refractivity contribution in [2.75, 3.05) is 11.4 Å². The Hall–Kier alpha value is -2.51. The van der Waals surface area contributed by atoms with Crippen molar-refractivity contribution in [1.82, 2.24) is 0 Å². The molecule has 4 nitrogen and oxygen atoms in total. The van der Waals surface area contributed by atoms with Gasteiger partial charge in [-0.05, 0) is 48.9 Å². The normalized spacial score (nSPS) is 18.7. The van der Waals surface area contributed by atoms with Gasteiger partial charge in [0.05, 0.1) is 23.9 Å². The van der Waals surface area contributed by atoms with Gasteiger partial charge in [0.25, 0.3) is 6.02 Å². The zero-order valence-corrected chi connectivity index (χ0v) is 13.5. The number of hydrogen-bond acceptors (Lipinski definition) is 3. The van der Waals surface area contributed by atoms with Gasteiger partial charge in [0.1, 0.15) is 6.10 Å². The Bertz CT molecular complexity index is 765. The van der Waals surface area contributed by atoms with Crippen molar-refractivity contribution in [2.45, 2.75) is 19.4 Å². The van der Waals surface area contributed by atoms with E-state index in [0.29, 0.717) is 16.6 Å². The molecule has 1 saturated heterocycles. The number of nitriles is 1. The molecule has 0 saturated carbocycles. The van der Waals surface area contributed by atoms with Crippen molar-refractivity contribution in [2.24, 2.45) is 4.99 Å². The number of aliphatic imine (C=N–C) groups is 1. The van der Waals surface area contributed by atoms with Crippen LogP contribution in [0.4, 0.5) is 11.4 Å². The average Bonchev–Trinajstić information content (AvgIpc) is 3.00. The summed E-state index contributed by atoms with van der Waals surface area (Å²) in [6.45, 7) is 2.80. The molecular formula is C18H16ClN3O. The molecule has 116 valence electrons. The lowest BCUT2D eigenvalue weighted by Gasteiger charge is -2.16. The number of nitrogens with zero attached hydrogens (tertiary/aromatic N) is 3. The Morgan fingerprint density at radius 1 is 1.30 bits per heavy atom. The number of ether oxygens (including phenoxy) is 1. The summed E-state index contributed by atoms with van der Waals surface area (Å²) in [6, 6.07) is 17.5. The van der Waals surface area contributed by atoms with Gasteiger partial charge >= 0.3 is 0 Å². The summed E-state index contributed by atoms with van der Waals surface area (Å²) in [7, 11) is 0. The maximum Gasteiger partial charge on any atom is 0.297 e. The molecule has 0 aromatic heterocycles. The van der Waals surface area contributed by atoms with E-state index in [2.05, 4.69) is 18.0 Å². The largest absolute Gasteiger partial charge is 0.459 e. The van der Waals surface area contributed by atoms with Gasteiger partial charge in [0.15, 0.2) is 0 Å². The molecule has 0 bridgehead atoms. The van der Waals surface area contributed by atoms with Gasteiger partial charge in [0.2, 0.25) is 0 Å². The van der Waals surface area contributed by atoms with E-state index < -0.39 is 0 Å². The maximum atomic E-state index is 9.09. The molecule has 1 fully saturated rings. The number of halogens is 1. The van der Waals surface area contributed by atoms with Crippen LogP contribution in [0.2, 0.25) is 5.02 Å². The smallest absolute Gasteiger partial charge is 0.297 e. The molecule has 1 unspecified atom stereocenters. The van der Waals surface area contributed by atoms with E-state index in [4.69, 9.17) is 21.6 Å². The number of benzene rings is 2. The van der Waals surface area contributed by atoms with Gasteiger partial charge < -0.3 is 4.74 Å². The van der Waals surface area contributed by atoms with E-state index in [-0.39, 0.29) is 6.10 Å². The van der Waals surface area contributed by atoms with Crippen molar-refractivity contribution in [1.29, 1.82) is 5.26 Å². The van der Waals surface area contributed by atoms with Crippen molar-refractivity contribution < 1.29 is 4.74 Å². The molecule has 2 aromatic rings. The molecule has 0 N–H and O–H groups in total. The van der Waals surface area contributed by atoms with Crippen molar-refractivity contribution in [3.63, 3.8) is 0 Å². The average molecular weight is 326 g/mol. The highest BCUT2D eigenvalue weighted by atomic mass is 35.5. The molecule has 1 atom stereocenters. The van der Waals surface area contributed by atoms with Crippen molar-refractivity contribution in [3.05, 3.63) is 59.1 Å². The minimum absolute atomic E-state index is 0.0896. The molecular weight excluding hydrogens is 310 g/mol. The van der Waals surface area contributed by atoms with E-state index in [1.807, 2.05) is 35.2 Å². The lowest BCUT2D eigenvalue weighted by Crippen LogP contribution is -2.25. The number of anilines is 1. The maximum absolute atomic E-state index is 9.09. The number of hydrogen-bond donors (Lipinski definition) is 0. The quantitative estimate of drug-likeness (QED) is 0.834. The summed E-state index contributed by atoms with van der Waals surface area (Å²) in [5.74, 6) is 0. The fourth-order valence-electron chi connectivity index (χ4n) is 2.42. The van der Waals surface area contributed by atoms with E-state index in [1.165, 1.54) is 0 Å². The predicted octanol–water partition coefficient (Wildman–Crippen LogP) is 4.51. The Kier molecular flexibility index (Phi) is 4.50. The van der Waals surface area contributed by atoms with Crippen LogP contribution in [-0.4, -0.2) is 18.7 Å². The molecule has 23 heavy (non-hydrogen) atoms. The van der Waals surface area contributed by atoms with Gasteiger partial charge in [-0.1, -0.05) is 24.6 Å². The summed E-state index contributed by atoms with van der Waals surface area (Å²) in [5, 5.41) is 9.76. The number of rotatable bonds is 3. The zero-order chi connectivity index (χ0) is 16.2. The highest BCUT2D eigenvalue weighted by Crippen LogP contribution is 2.26. The highest BCUT2D eigenvalue weighted by molar-refractivity contribution is 6.30. The Labute approximate surface area is 140 Å². The molecule has 1 aliphatic heterocycles. The molecule has 1 heterocycles. The van der Waals surface area contributed by atoms with Crippen LogP contribution in [0, 0.1) is 11.3 Å². The summed E-state index contributed by atoms with van der Waals surface area (Å²) >= 11 is 5.91. The van der Waals surface area contributed by atoms with Gasteiger partial charge in [-0.2, -0.15) is 10.3 Å². The standard InChI is InChI=1S/C18H16ClN3O/c1-2-17-12-22(16-5-3-4-13(10-16)11-20)18(23-17)21-15-8-6-14(19)7-9-15/h3-10,17H,2,12H2,1H3. The third-order valence-electron chi connectivity index (χ3n) is 3.68. The van der Waals surface area contributed by atoms with Gasteiger partial charge in [-0.3, -0.25) is 4.90 Å². The van der Waals surface area contributed by atoms with Crippen LogP contribution in [0.1, 0.15) is 18.9 Å². The van der Waals surface area contributed by atoms with Crippen LogP contribution in [0.5, 0.6) is 0 Å². The summed E-state index contributed by atoms with van der Waals surface area (Å²) < 4.78 is 5.95. The third-order valence-corrected chi connectivity index (χ3v) is 3.93. The predicted molar refractivity (Wildman–Crippen MR) is 92.2 cm³/mol. The topological polar surface area (TPSA) is 48.6 Å². The molecule has 0 spiro atoms. The first-order valence-electron chi connectivity index (χ1n) is 7.48. The fourth-order valence-corrected chi connectivity index (χ4v) is 2.54. The van der Waals surface area contributed by atoms with Crippen LogP contribution in [-0.2, 0) is 4.74 Å². The minimum Gasteiger partial charge on any atom is -0.459 e. The minimum atomic E-state index is 0.0896. The zero-order valence-electron chi connectivity index (χ0n) is 12.7. The molecule has 0 amide bonds. The molecule has 5 heteroatoms. The summed E-state index contributed by atoms with van der Waals surface area (Å²) in [6.07, 6.45) is 0.987. The SMILES string of the molecule is CCC1CN(c2cccc(C#N)c2)C(=Nc2ccc(Cl)cc2)O1. The Morgan fingerprint density at radius 3 is 2.78 bits per heavy atom. The monoisotopic (exact) mass is 325 g/mol. The fraction of sp³-hybridized carbons (Fsp3) is 0.222. The molecule has 3 rings (SSSR count). The Balaban J connectivity index is 1.95. The second-order valence-corrected chi connectivity index (χ2v) is 5.73. The van der Waals surface area contributed by atoms with Crippen LogP contribution in [0.15, 0.2) is 53.5 Å². The second kappa shape index (κ2) is 6.72. The van der Waals surface area contributed by atoms with E-state index in [1.54, 1.807) is 18.2 Å².